The van der Waals surface area contributed by atoms with Crippen molar-refractivity contribution in [2.75, 3.05) is 13.1 Å². The fourth-order valence-electron chi connectivity index (χ4n) is 2.32. The van der Waals surface area contributed by atoms with E-state index in [0.717, 1.165) is 6.42 Å². The third-order valence-electron chi connectivity index (χ3n) is 3.54. The van der Waals surface area contributed by atoms with Crippen molar-refractivity contribution in [3.63, 3.8) is 0 Å². The highest BCUT2D eigenvalue weighted by Gasteiger charge is 2.32. The van der Waals surface area contributed by atoms with E-state index in [9.17, 15) is 12.8 Å². The Bertz CT molecular complexity index is 586. The Kier molecular flexibility index (Phi) is 3.94. The SMILES string of the molecule is Cc1c(F)cc(CO)cc1S(=O)(=O)N1CCC(C)C1. The van der Waals surface area contributed by atoms with Gasteiger partial charge >= 0.3 is 0 Å². The van der Waals surface area contributed by atoms with Gasteiger partial charge in [0.25, 0.3) is 0 Å². The van der Waals surface area contributed by atoms with Gasteiger partial charge in [-0.3, -0.25) is 0 Å². The number of benzene rings is 1. The third kappa shape index (κ3) is 2.66. The molecule has 2 rings (SSSR count). The van der Waals surface area contributed by atoms with Crippen molar-refractivity contribution in [2.45, 2.75) is 31.8 Å². The minimum atomic E-state index is -3.68. The van der Waals surface area contributed by atoms with Crippen LogP contribution in [0.3, 0.4) is 0 Å². The van der Waals surface area contributed by atoms with E-state index in [0.29, 0.717) is 19.0 Å². The molecule has 1 N–H and O–H groups in total. The van der Waals surface area contributed by atoms with Crippen molar-refractivity contribution in [2.24, 2.45) is 5.92 Å². The average molecular weight is 287 g/mol. The van der Waals surface area contributed by atoms with E-state index in [1.165, 1.54) is 23.4 Å². The predicted octanol–water partition coefficient (Wildman–Crippen LogP) is 1.66. The molecule has 1 aliphatic rings. The zero-order valence-electron chi connectivity index (χ0n) is 11.1. The largest absolute Gasteiger partial charge is 0.392 e. The number of nitrogens with zero attached hydrogens (tertiary/aromatic N) is 1. The van der Waals surface area contributed by atoms with Gasteiger partial charge in [-0.05, 0) is 37.0 Å². The van der Waals surface area contributed by atoms with E-state index >= 15 is 0 Å². The second-order valence-corrected chi connectivity index (χ2v) is 7.02. The summed E-state index contributed by atoms with van der Waals surface area (Å²) in [5.74, 6) is -0.279. The minimum Gasteiger partial charge on any atom is -0.392 e. The Labute approximate surface area is 112 Å². The van der Waals surface area contributed by atoms with Crippen LogP contribution >= 0.6 is 0 Å². The molecule has 6 heteroatoms. The van der Waals surface area contributed by atoms with Crippen LogP contribution in [0.5, 0.6) is 0 Å². The second-order valence-electron chi connectivity index (χ2n) is 5.12. The van der Waals surface area contributed by atoms with Gasteiger partial charge in [0.1, 0.15) is 5.82 Å². The molecule has 0 radical (unpaired) electrons. The summed E-state index contributed by atoms with van der Waals surface area (Å²) in [6.07, 6.45) is 0.820. The summed E-state index contributed by atoms with van der Waals surface area (Å²) >= 11 is 0. The number of aliphatic hydroxyl groups excluding tert-OH is 1. The summed E-state index contributed by atoms with van der Waals surface area (Å²) in [7, 11) is -3.68. The first-order valence-corrected chi connectivity index (χ1v) is 7.70. The normalized spacial score (nSPS) is 20.9. The van der Waals surface area contributed by atoms with Crippen LogP contribution in [-0.4, -0.2) is 30.9 Å². The van der Waals surface area contributed by atoms with Gasteiger partial charge in [0.05, 0.1) is 11.5 Å². The Morgan fingerprint density at radius 1 is 1.47 bits per heavy atom. The van der Waals surface area contributed by atoms with Crippen LogP contribution < -0.4 is 0 Å². The number of aliphatic hydroxyl groups is 1. The first-order valence-electron chi connectivity index (χ1n) is 6.26. The summed E-state index contributed by atoms with van der Waals surface area (Å²) in [5, 5.41) is 9.08. The topological polar surface area (TPSA) is 57.6 Å². The second kappa shape index (κ2) is 5.19. The van der Waals surface area contributed by atoms with E-state index < -0.39 is 15.8 Å². The maximum Gasteiger partial charge on any atom is 0.243 e. The molecule has 1 unspecified atom stereocenters. The Morgan fingerprint density at radius 3 is 2.68 bits per heavy atom. The van der Waals surface area contributed by atoms with E-state index in [2.05, 4.69) is 0 Å². The molecule has 0 spiro atoms. The smallest absolute Gasteiger partial charge is 0.243 e. The molecule has 0 aromatic heterocycles. The van der Waals surface area contributed by atoms with Crippen molar-refractivity contribution in [1.29, 1.82) is 0 Å². The van der Waals surface area contributed by atoms with Gasteiger partial charge in [0.2, 0.25) is 10.0 Å². The summed E-state index contributed by atoms with van der Waals surface area (Å²) in [6.45, 7) is 3.99. The summed E-state index contributed by atoms with van der Waals surface area (Å²) in [5.41, 5.74) is 0.380. The molecule has 1 aromatic carbocycles. The molecule has 106 valence electrons. The number of halogens is 1. The van der Waals surface area contributed by atoms with Crippen molar-refractivity contribution >= 4 is 10.0 Å². The zero-order chi connectivity index (χ0) is 14.2. The van der Waals surface area contributed by atoms with Crippen LogP contribution in [0, 0.1) is 18.7 Å². The lowest BCUT2D eigenvalue weighted by Crippen LogP contribution is -2.29. The molecule has 1 aliphatic heterocycles. The quantitative estimate of drug-likeness (QED) is 0.920. The molecule has 1 atom stereocenters. The highest BCUT2D eigenvalue weighted by molar-refractivity contribution is 7.89. The van der Waals surface area contributed by atoms with Crippen LogP contribution in [0.15, 0.2) is 17.0 Å². The molecule has 0 saturated carbocycles. The first-order chi connectivity index (χ1) is 8.86. The molecule has 0 aliphatic carbocycles. The lowest BCUT2D eigenvalue weighted by atomic mass is 10.1. The fourth-order valence-corrected chi connectivity index (χ4v) is 4.18. The summed E-state index contributed by atoms with van der Waals surface area (Å²) in [6, 6.07) is 2.53. The van der Waals surface area contributed by atoms with Crippen LogP contribution in [0.4, 0.5) is 4.39 Å². The molecule has 0 bridgehead atoms. The number of rotatable bonds is 3. The Hall–Kier alpha value is -0.980. The van der Waals surface area contributed by atoms with Gasteiger partial charge in [-0.2, -0.15) is 4.31 Å². The maximum atomic E-state index is 13.7. The van der Waals surface area contributed by atoms with Gasteiger partial charge in [-0.15, -0.1) is 0 Å². The molecule has 1 saturated heterocycles. The maximum absolute atomic E-state index is 13.7. The first kappa shape index (κ1) is 14.4. The zero-order valence-corrected chi connectivity index (χ0v) is 11.9. The molecule has 19 heavy (non-hydrogen) atoms. The number of hydrogen-bond donors (Lipinski definition) is 1. The van der Waals surface area contributed by atoms with Crippen LogP contribution in [0.1, 0.15) is 24.5 Å². The van der Waals surface area contributed by atoms with E-state index in [1.54, 1.807) is 0 Å². The van der Waals surface area contributed by atoms with Crippen LogP contribution in [0.2, 0.25) is 0 Å². The molecular formula is C13H18FNO3S. The van der Waals surface area contributed by atoms with Crippen LogP contribution in [0.25, 0.3) is 0 Å². The number of hydrogen-bond acceptors (Lipinski definition) is 3. The minimum absolute atomic E-state index is 0.0364. The highest BCUT2D eigenvalue weighted by atomic mass is 32.2. The molecule has 1 fully saturated rings. The van der Waals surface area contributed by atoms with Crippen molar-refractivity contribution < 1.29 is 17.9 Å². The lowest BCUT2D eigenvalue weighted by Gasteiger charge is -2.18. The summed E-state index contributed by atoms with van der Waals surface area (Å²) in [4.78, 5) is -0.0364. The fraction of sp³-hybridized carbons (Fsp3) is 0.538. The Balaban J connectivity index is 2.48. The molecule has 4 nitrogen and oxygen atoms in total. The lowest BCUT2D eigenvalue weighted by molar-refractivity contribution is 0.280. The summed E-state index contributed by atoms with van der Waals surface area (Å²) < 4.78 is 40.1. The number of sulfonamides is 1. The van der Waals surface area contributed by atoms with Crippen molar-refractivity contribution in [1.82, 2.24) is 4.31 Å². The van der Waals surface area contributed by atoms with Crippen molar-refractivity contribution in [3.05, 3.63) is 29.1 Å². The van der Waals surface area contributed by atoms with Gasteiger partial charge < -0.3 is 5.11 Å². The van der Waals surface area contributed by atoms with Crippen molar-refractivity contribution in [3.8, 4) is 0 Å². The molecule has 1 aromatic rings. The molecular weight excluding hydrogens is 269 g/mol. The standard InChI is InChI=1S/C13H18FNO3S/c1-9-3-4-15(7-9)19(17,18)13-6-11(8-16)5-12(14)10(13)2/h5-6,9,16H,3-4,7-8H2,1-2H3. The third-order valence-corrected chi connectivity index (χ3v) is 5.53. The van der Waals surface area contributed by atoms with Gasteiger partial charge in [-0.25, -0.2) is 12.8 Å². The van der Waals surface area contributed by atoms with Gasteiger partial charge in [-0.1, -0.05) is 6.92 Å². The average Bonchev–Trinajstić information content (AvgIpc) is 2.79. The Morgan fingerprint density at radius 2 is 2.16 bits per heavy atom. The van der Waals surface area contributed by atoms with Gasteiger partial charge in [0.15, 0.2) is 0 Å². The molecule has 1 heterocycles. The predicted molar refractivity (Wildman–Crippen MR) is 69.6 cm³/mol. The molecule has 0 amide bonds. The van der Waals surface area contributed by atoms with E-state index in [1.807, 2.05) is 6.92 Å². The monoisotopic (exact) mass is 287 g/mol. The highest BCUT2D eigenvalue weighted by Crippen LogP contribution is 2.28. The van der Waals surface area contributed by atoms with E-state index in [-0.39, 0.29) is 22.6 Å². The van der Waals surface area contributed by atoms with Gasteiger partial charge in [0, 0.05) is 18.7 Å². The van der Waals surface area contributed by atoms with E-state index in [4.69, 9.17) is 5.11 Å². The van der Waals surface area contributed by atoms with Crippen LogP contribution in [-0.2, 0) is 16.6 Å².